The molecule has 0 spiro atoms. The zero-order chi connectivity index (χ0) is 9.56. The van der Waals surface area contributed by atoms with Crippen molar-refractivity contribution in [3.63, 3.8) is 0 Å². The summed E-state index contributed by atoms with van der Waals surface area (Å²) in [7, 11) is 0. The highest BCUT2D eigenvalue weighted by atomic mass is 14.2. The Morgan fingerprint density at radius 1 is 1.17 bits per heavy atom. The fourth-order valence-corrected chi connectivity index (χ4v) is 1.50. The van der Waals surface area contributed by atoms with Gasteiger partial charge in [0, 0.05) is 0 Å². The van der Waals surface area contributed by atoms with E-state index in [0.29, 0.717) is 0 Å². The highest BCUT2D eigenvalue weighted by Crippen LogP contribution is 2.24. The summed E-state index contributed by atoms with van der Waals surface area (Å²) in [6, 6.07) is 0. The van der Waals surface area contributed by atoms with Gasteiger partial charge in [-0.1, -0.05) is 40.2 Å². The average Bonchev–Trinajstić information content (AvgIpc) is 2.03. The smallest absolute Gasteiger partial charge is 0.0353 e. The van der Waals surface area contributed by atoms with E-state index in [2.05, 4.69) is 34.3 Å². The van der Waals surface area contributed by atoms with Gasteiger partial charge >= 0.3 is 0 Å². The second-order valence-electron chi connectivity index (χ2n) is 4.30. The molecule has 0 aromatic heterocycles. The normalized spacial score (nSPS) is 16.1. The molecule has 0 saturated carbocycles. The molecule has 0 aliphatic carbocycles. The number of hydrogen-bond acceptors (Lipinski definition) is 0. The molecule has 0 fully saturated rings. The van der Waals surface area contributed by atoms with Crippen LogP contribution in [-0.4, -0.2) is 0 Å². The van der Waals surface area contributed by atoms with Crippen molar-refractivity contribution in [1.82, 2.24) is 0 Å². The third-order valence-electron chi connectivity index (χ3n) is 3.02. The van der Waals surface area contributed by atoms with Gasteiger partial charge in [-0.15, -0.1) is 6.58 Å². The van der Waals surface area contributed by atoms with Gasteiger partial charge in [0.15, 0.2) is 0 Å². The molecule has 0 heteroatoms. The zero-order valence-electron chi connectivity index (χ0n) is 9.14. The summed E-state index contributed by atoms with van der Waals surface area (Å²) in [6.45, 7) is 13.1. The van der Waals surface area contributed by atoms with E-state index < -0.39 is 0 Å². The first kappa shape index (κ1) is 11.7. The lowest BCUT2D eigenvalue weighted by Crippen LogP contribution is -2.13. The molecule has 0 radical (unpaired) electrons. The van der Waals surface area contributed by atoms with Crippen molar-refractivity contribution >= 4 is 0 Å². The summed E-state index contributed by atoms with van der Waals surface area (Å²) < 4.78 is 0. The number of rotatable bonds is 6. The van der Waals surface area contributed by atoms with Gasteiger partial charge in [-0.3, -0.25) is 0 Å². The molecule has 0 rings (SSSR count). The maximum Gasteiger partial charge on any atom is -0.0353 e. The summed E-state index contributed by atoms with van der Waals surface area (Å²) >= 11 is 0. The topological polar surface area (TPSA) is 0 Å². The van der Waals surface area contributed by atoms with E-state index in [4.69, 9.17) is 0 Å². The Hall–Kier alpha value is -0.260. The minimum absolute atomic E-state index is 0.823. The summed E-state index contributed by atoms with van der Waals surface area (Å²) in [5.41, 5.74) is 0. The van der Waals surface area contributed by atoms with Gasteiger partial charge in [-0.2, -0.15) is 0 Å². The molecule has 0 aliphatic heterocycles. The maximum absolute atomic E-state index is 3.74. The maximum atomic E-state index is 3.74. The standard InChI is InChI=1S/C12H24/c1-6-7-8-9-11(4)12(5)10(2)3/h6,10-12H,1,7-9H2,2-5H3. The third kappa shape index (κ3) is 4.58. The molecule has 72 valence electrons. The highest BCUT2D eigenvalue weighted by molar-refractivity contribution is 4.69. The molecule has 0 amide bonds. The zero-order valence-corrected chi connectivity index (χ0v) is 9.14. The lowest BCUT2D eigenvalue weighted by atomic mass is 9.83. The molecule has 0 nitrogen and oxygen atoms in total. The Bertz CT molecular complexity index is 113. The second kappa shape index (κ2) is 6.28. The molecule has 0 bridgehead atoms. The highest BCUT2D eigenvalue weighted by Gasteiger charge is 2.14. The fraction of sp³-hybridized carbons (Fsp3) is 0.833. The van der Waals surface area contributed by atoms with Gasteiger partial charge in [-0.05, 0) is 30.6 Å². The van der Waals surface area contributed by atoms with Crippen LogP contribution in [0.3, 0.4) is 0 Å². The lowest BCUT2D eigenvalue weighted by molar-refractivity contribution is 0.278. The molecule has 2 unspecified atom stereocenters. The van der Waals surface area contributed by atoms with Crippen LogP contribution in [0.1, 0.15) is 47.0 Å². The number of unbranched alkanes of at least 4 members (excludes halogenated alkanes) is 1. The second-order valence-corrected chi connectivity index (χ2v) is 4.30. The van der Waals surface area contributed by atoms with E-state index in [1.807, 2.05) is 6.08 Å². The van der Waals surface area contributed by atoms with Crippen LogP contribution in [0, 0.1) is 17.8 Å². The van der Waals surface area contributed by atoms with Crippen LogP contribution in [0.4, 0.5) is 0 Å². The average molecular weight is 168 g/mol. The van der Waals surface area contributed by atoms with Crippen LogP contribution in [-0.2, 0) is 0 Å². The predicted molar refractivity (Wildman–Crippen MR) is 57.2 cm³/mol. The van der Waals surface area contributed by atoms with Gasteiger partial charge in [0.1, 0.15) is 0 Å². The minimum Gasteiger partial charge on any atom is -0.103 e. The van der Waals surface area contributed by atoms with Gasteiger partial charge in [0.2, 0.25) is 0 Å². The van der Waals surface area contributed by atoms with Crippen molar-refractivity contribution in [2.45, 2.75) is 47.0 Å². The Morgan fingerprint density at radius 3 is 2.17 bits per heavy atom. The molecule has 0 heterocycles. The number of hydrogen-bond donors (Lipinski definition) is 0. The van der Waals surface area contributed by atoms with Crippen molar-refractivity contribution in [3.8, 4) is 0 Å². The van der Waals surface area contributed by atoms with Crippen molar-refractivity contribution < 1.29 is 0 Å². The predicted octanol–water partition coefficient (Wildman–Crippen LogP) is 4.27. The van der Waals surface area contributed by atoms with E-state index in [9.17, 15) is 0 Å². The van der Waals surface area contributed by atoms with E-state index in [-0.39, 0.29) is 0 Å². The first-order chi connectivity index (χ1) is 5.59. The molecular formula is C12H24. The molecule has 12 heavy (non-hydrogen) atoms. The van der Waals surface area contributed by atoms with Crippen LogP contribution in [0.2, 0.25) is 0 Å². The summed E-state index contributed by atoms with van der Waals surface area (Å²) in [5.74, 6) is 2.54. The van der Waals surface area contributed by atoms with Gasteiger partial charge in [0.25, 0.3) is 0 Å². The Labute approximate surface area is 78.1 Å². The van der Waals surface area contributed by atoms with Crippen LogP contribution in [0.5, 0.6) is 0 Å². The Morgan fingerprint density at radius 2 is 1.75 bits per heavy atom. The van der Waals surface area contributed by atoms with Crippen LogP contribution >= 0.6 is 0 Å². The molecular weight excluding hydrogens is 144 g/mol. The van der Waals surface area contributed by atoms with Crippen LogP contribution in [0.25, 0.3) is 0 Å². The van der Waals surface area contributed by atoms with E-state index in [0.717, 1.165) is 17.8 Å². The fourth-order valence-electron chi connectivity index (χ4n) is 1.50. The van der Waals surface area contributed by atoms with Crippen molar-refractivity contribution in [3.05, 3.63) is 12.7 Å². The van der Waals surface area contributed by atoms with Gasteiger partial charge in [0.05, 0.1) is 0 Å². The summed E-state index contributed by atoms with van der Waals surface area (Å²) in [6.07, 6.45) is 5.86. The molecule has 0 aliphatic rings. The summed E-state index contributed by atoms with van der Waals surface area (Å²) in [4.78, 5) is 0. The van der Waals surface area contributed by atoms with Crippen molar-refractivity contribution in [2.75, 3.05) is 0 Å². The van der Waals surface area contributed by atoms with Crippen LogP contribution in [0.15, 0.2) is 12.7 Å². The third-order valence-corrected chi connectivity index (χ3v) is 3.02. The summed E-state index contributed by atoms with van der Waals surface area (Å²) in [5, 5.41) is 0. The van der Waals surface area contributed by atoms with Gasteiger partial charge < -0.3 is 0 Å². The van der Waals surface area contributed by atoms with Crippen molar-refractivity contribution in [2.24, 2.45) is 17.8 Å². The molecule has 2 atom stereocenters. The van der Waals surface area contributed by atoms with Crippen LogP contribution < -0.4 is 0 Å². The molecule has 0 N–H and O–H groups in total. The molecule has 0 aromatic carbocycles. The Balaban J connectivity index is 3.56. The monoisotopic (exact) mass is 168 g/mol. The van der Waals surface area contributed by atoms with E-state index in [1.165, 1.54) is 19.3 Å². The SMILES string of the molecule is C=CCCCC(C)C(C)C(C)C. The first-order valence-electron chi connectivity index (χ1n) is 5.20. The van der Waals surface area contributed by atoms with Gasteiger partial charge in [-0.25, -0.2) is 0 Å². The molecule has 0 saturated heterocycles. The molecule has 0 aromatic rings. The van der Waals surface area contributed by atoms with E-state index in [1.54, 1.807) is 0 Å². The quantitative estimate of drug-likeness (QED) is 0.410. The first-order valence-corrected chi connectivity index (χ1v) is 5.20. The minimum atomic E-state index is 0.823. The van der Waals surface area contributed by atoms with E-state index >= 15 is 0 Å². The number of allylic oxidation sites excluding steroid dienone is 1. The lowest BCUT2D eigenvalue weighted by Gasteiger charge is -2.23. The Kier molecular flexibility index (Phi) is 6.14. The van der Waals surface area contributed by atoms with Crippen molar-refractivity contribution in [1.29, 1.82) is 0 Å². The largest absolute Gasteiger partial charge is 0.103 e.